The highest BCUT2D eigenvalue weighted by Gasteiger charge is 2.07. The minimum absolute atomic E-state index is 0.503. The van der Waals surface area contributed by atoms with Gasteiger partial charge in [0.25, 0.3) is 0 Å². The van der Waals surface area contributed by atoms with Crippen LogP contribution in [0, 0.1) is 0 Å². The number of nitrogens with zero attached hydrogens (tertiary/aromatic N) is 2. The molecule has 1 aliphatic heterocycles. The number of hydrogen-bond acceptors (Lipinski definition) is 3. The molecular formula is C9H8ClN3. The Hall–Kier alpha value is -1.35. The first-order chi connectivity index (χ1) is 6.36. The van der Waals surface area contributed by atoms with Crippen LogP contribution in [0.3, 0.4) is 0 Å². The lowest BCUT2D eigenvalue weighted by atomic mass is 10.2. The molecule has 1 aromatic carbocycles. The van der Waals surface area contributed by atoms with Gasteiger partial charge in [-0.25, -0.2) is 9.98 Å². The average molecular weight is 194 g/mol. The van der Waals surface area contributed by atoms with E-state index in [4.69, 9.17) is 11.6 Å². The summed E-state index contributed by atoms with van der Waals surface area (Å²) >= 11 is 5.74. The number of aliphatic imine (C=N–C) groups is 2. The van der Waals surface area contributed by atoms with Crippen LogP contribution in [0.1, 0.15) is 5.56 Å². The van der Waals surface area contributed by atoms with Gasteiger partial charge in [-0.1, -0.05) is 41.9 Å². The minimum atomic E-state index is -0.503. The molecule has 2 rings (SSSR count). The lowest BCUT2D eigenvalue weighted by Gasteiger charge is -2.11. The number of nitrogens with one attached hydrogen (secondary N) is 1. The van der Waals surface area contributed by atoms with Crippen LogP contribution in [0.4, 0.5) is 0 Å². The van der Waals surface area contributed by atoms with Gasteiger partial charge in [-0.05, 0) is 0 Å². The fourth-order valence-electron chi connectivity index (χ4n) is 1.09. The van der Waals surface area contributed by atoms with Crippen molar-refractivity contribution >= 4 is 23.8 Å². The third-order valence-corrected chi connectivity index (χ3v) is 1.89. The predicted molar refractivity (Wildman–Crippen MR) is 54.2 cm³/mol. The molecule has 1 aromatic rings. The summed E-state index contributed by atoms with van der Waals surface area (Å²) in [5.41, 5.74) is 0.510. The van der Waals surface area contributed by atoms with E-state index in [0.717, 1.165) is 11.4 Å². The second-order valence-electron chi connectivity index (χ2n) is 2.58. The van der Waals surface area contributed by atoms with Crippen LogP contribution in [0.25, 0.3) is 0 Å². The third-order valence-electron chi connectivity index (χ3n) is 1.68. The van der Waals surface area contributed by atoms with Crippen molar-refractivity contribution in [3.8, 4) is 0 Å². The molecule has 0 saturated heterocycles. The molecule has 1 heterocycles. The fourth-order valence-corrected chi connectivity index (χ4v) is 1.24. The van der Waals surface area contributed by atoms with Crippen molar-refractivity contribution in [3.05, 3.63) is 35.9 Å². The Morgan fingerprint density at radius 1 is 1.23 bits per heavy atom. The van der Waals surface area contributed by atoms with Crippen LogP contribution >= 0.6 is 11.6 Å². The number of benzene rings is 1. The molecule has 0 aliphatic carbocycles. The molecule has 0 radical (unpaired) electrons. The zero-order valence-corrected chi connectivity index (χ0v) is 7.57. The third kappa shape index (κ3) is 1.87. The average Bonchev–Trinajstić information content (AvgIpc) is 2.19. The van der Waals surface area contributed by atoms with Crippen LogP contribution in [0.15, 0.2) is 40.3 Å². The molecule has 0 saturated carbocycles. The second-order valence-corrected chi connectivity index (χ2v) is 2.97. The Kier molecular flexibility index (Phi) is 2.27. The number of halogens is 1. The Morgan fingerprint density at radius 3 is 2.69 bits per heavy atom. The SMILES string of the molecule is ClC1N=CNC(c2ccccc2)=N1. The van der Waals surface area contributed by atoms with Gasteiger partial charge < -0.3 is 5.32 Å². The number of hydrogen-bond donors (Lipinski definition) is 1. The normalized spacial score (nSPS) is 20.7. The predicted octanol–water partition coefficient (Wildman–Crippen LogP) is 1.59. The molecule has 0 spiro atoms. The molecule has 0 amide bonds. The van der Waals surface area contributed by atoms with Gasteiger partial charge in [0, 0.05) is 5.56 Å². The summed E-state index contributed by atoms with van der Waals surface area (Å²) in [7, 11) is 0. The minimum Gasteiger partial charge on any atom is -0.331 e. The zero-order valence-electron chi connectivity index (χ0n) is 6.81. The maximum Gasteiger partial charge on any atom is 0.218 e. The standard InChI is InChI=1S/C9H8ClN3/c10-9-12-6-11-8(13-9)7-4-2-1-3-5-7/h1-6,9H,(H,11,12,13). The van der Waals surface area contributed by atoms with Gasteiger partial charge in [0.15, 0.2) is 0 Å². The van der Waals surface area contributed by atoms with Crippen molar-refractivity contribution in [1.29, 1.82) is 0 Å². The van der Waals surface area contributed by atoms with Crippen LogP contribution in [0.5, 0.6) is 0 Å². The van der Waals surface area contributed by atoms with E-state index in [-0.39, 0.29) is 0 Å². The van der Waals surface area contributed by atoms with E-state index in [2.05, 4.69) is 15.3 Å². The Balaban J connectivity index is 2.28. The van der Waals surface area contributed by atoms with Crippen LogP contribution in [-0.2, 0) is 0 Å². The van der Waals surface area contributed by atoms with Gasteiger partial charge >= 0.3 is 0 Å². The van der Waals surface area contributed by atoms with E-state index < -0.39 is 5.62 Å². The summed E-state index contributed by atoms with van der Waals surface area (Å²) in [4.78, 5) is 7.97. The van der Waals surface area contributed by atoms with E-state index in [1.807, 2.05) is 30.3 Å². The van der Waals surface area contributed by atoms with E-state index in [9.17, 15) is 0 Å². The summed E-state index contributed by atoms with van der Waals surface area (Å²) < 4.78 is 0. The molecule has 1 atom stereocenters. The first-order valence-corrected chi connectivity index (χ1v) is 4.35. The van der Waals surface area contributed by atoms with E-state index in [1.165, 1.54) is 0 Å². The molecule has 1 aliphatic rings. The summed E-state index contributed by atoms with van der Waals surface area (Å²) in [6.45, 7) is 0. The van der Waals surface area contributed by atoms with E-state index in [1.54, 1.807) is 6.34 Å². The molecule has 0 bridgehead atoms. The van der Waals surface area contributed by atoms with Gasteiger partial charge in [-0.3, -0.25) is 0 Å². The largest absolute Gasteiger partial charge is 0.331 e. The number of rotatable bonds is 1. The molecule has 0 aromatic heterocycles. The highest BCUT2D eigenvalue weighted by molar-refractivity contribution is 6.22. The van der Waals surface area contributed by atoms with Crippen molar-refractivity contribution in [2.24, 2.45) is 9.98 Å². The highest BCUT2D eigenvalue weighted by atomic mass is 35.5. The van der Waals surface area contributed by atoms with E-state index >= 15 is 0 Å². The maximum atomic E-state index is 5.74. The van der Waals surface area contributed by atoms with Gasteiger partial charge in [-0.2, -0.15) is 0 Å². The van der Waals surface area contributed by atoms with Crippen LogP contribution in [0.2, 0.25) is 0 Å². The first-order valence-electron chi connectivity index (χ1n) is 3.92. The van der Waals surface area contributed by atoms with Crippen molar-refractivity contribution in [2.75, 3.05) is 0 Å². The lowest BCUT2D eigenvalue weighted by Crippen LogP contribution is -2.27. The smallest absolute Gasteiger partial charge is 0.218 e. The summed E-state index contributed by atoms with van der Waals surface area (Å²) in [5.74, 6) is 0.760. The van der Waals surface area contributed by atoms with Crippen LogP contribution < -0.4 is 5.32 Å². The maximum absolute atomic E-state index is 5.74. The second kappa shape index (κ2) is 3.58. The lowest BCUT2D eigenvalue weighted by molar-refractivity contribution is 0.940. The Bertz CT molecular complexity index is 345. The fraction of sp³-hybridized carbons (Fsp3) is 0.111. The summed E-state index contributed by atoms with van der Waals surface area (Å²) in [6.07, 6.45) is 1.56. The van der Waals surface area contributed by atoms with Gasteiger partial charge in [0.2, 0.25) is 5.62 Å². The summed E-state index contributed by atoms with van der Waals surface area (Å²) in [5, 5.41) is 2.94. The molecule has 3 nitrogen and oxygen atoms in total. The number of amidine groups is 1. The topological polar surface area (TPSA) is 36.8 Å². The molecule has 13 heavy (non-hydrogen) atoms. The van der Waals surface area contributed by atoms with E-state index in [0.29, 0.717) is 0 Å². The van der Waals surface area contributed by atoms with Crippen molar-refractivity contribution < 1.29 is 0 Å². The number of alkyl halides is 1. The molecular weight excluding hydrogens is 186 g/mol. The quantitative estimate of drug-likeness (QED) is 0.534. The van der Waals surface area contributed by atoms with Crippen molar-refractivity contribution in [2.45, 2.75) is 5.62 Å². The van der Waals surface area contributed by atoms with Gasteiger partial charge in [0.1, 0.15) is 5.84 Å². The molecule has 0 fully saturated rings. The van der Waals surface area contributed by atoms with Crippen molar-refractivity contribution in [3.63, 3.8) is 0 Å². The van der Waals surface area contributed by atoms with Crippen LogP contribution in [-0.4, -0.2) is 17.8 Å². The molecule has 1 unspecified atom stereocenters. The van der Waals surface area contributed by atoms with Crippen molar-refractivity contribution in [1.82, 2.24) is 5.32 Å². The monoisotopic (exact) mass is 193 g/mol. The molecule has 4 heteroatoms. The molecule has 1 N–H and O–H groups in total. The highest BCUT2D eigenvalue weighted by Crippen LogP contribution is 2.07. The molecule has 66 valence electrons. The van der Waals surface area contributed by atoms with Gasteiger partial charge in [-0.15, -0.1) is 0 Å². The zero-order chi connectivity index (χ0) is 9.10. The van der Waals surface area contributed by atoms with Gasteiger partial charge in [0.05, 0.1) is 6.34 Å². The Labute approximate surface area is 81.2 Å². The first kappa shape index (κ1) is 8.26. The summed E-state index contributed by atoms with van der Waals surface area (Å²) in [6, 6.07) is 9.80. The Morgan fingerprint density at radius 2 is 2.00 bits per heavy atom.